The lowest BCUT2D eigenvalue weighted by Gasteiger charge is -2.41. The molecule has 2 heterocycles. The van der Waals surface area contributed by atoms with E-state index in [4.69, 9.17) is 11.6 Å². The largest absolute Gasteiger partial charge is 0.360 e. The second-order valence-electron chi connectivity index (χ2n) is 7.79. The Morgan fingerprint density at radius 1 is 1.44 bits per heavy atom. The quantitative estimate of drug-likeness (QED) is 0.606. The molecule has 1 unspecified atom stereocenters. The number of rotatable bonds is 7. The van der Waals surface area contributed by atoms with Crippen LogP contribution in [-0.4, -0.2) is 47.7 Å². The highest BCUT2D eigenvalue weighted by Crippen LogP contribution is 2.34. The fourth-order valence-electron chi connectivity index (χ4n) is 3.64. The molecule has 2 aliphatic rings. The first kappa shape index (κ1) is 24.1. The maximum atomic E-state index is 13.4. The molecule has 8 nitrogen and oxygen atoms in total. The molecular weight excluding hydrogens is 450 g/mol. The van der Waals surface area contributed by atoms with Gasteiger partial charge in [0.05, 0.1) is 22.9 Å². The Labute approximate surface area is 194 Å². The van der Waals surface area contributed by atoms with Gasteiger partial charge >= 0.3 is 0 Å². The highest BCUT2D eigenvalue weighted by molar-refractivity contribution is 7.91. The molecule has 1 aliphatic carbocycles. The van der Waals surface area contributed by atoms with E-state index in [2.05, 4.69) is 26.9 Å². The van der Waals surface area contributed by atoms with Crippen molar-refractivity contribution in [1.82, 2.24) is 15.2 Å². The fraction of sp³-hybridized carbons (Fsp3) is 0.455. The fourth-order valence-corrected chi connectivity index (χ4v) is 4.54. The highest BCUT2D eigenvalue weighted by atomic mass is 35.5. The van der Waals surface area contributed by atoms with Crippen LogP contribution in [0.5, 0.6) is 0 Å². The molecule has 1 aliphatic heterocycles. The van der Waals surface area contributed by atoms with Crippen LogP contribution in [0.4, 0.5) is 0 Å². The lowest BCUT2D eigenvalue weighted by molar-refractivity contribution is -0.123. The van der Waals surface area contributed by atoms with Gasteiger partial charge < -0.3 is 5.32 Å². The number of halogens is 1. The van der Waals surface area contributed by atoms with Crippen LogP contribution < -0.4 is 5.32 Å². The zero-order chi connectivity index (χ0) is 23.5. The van der Waals surface area contributed by atoms with Crippen LogP contribution in [0.15, 0.2) is 56.7 Å². The third kappa shape index (κ3) is 5.10. The van der Waals surface area contributed by atoms with Crippen molar-refractivity contribution in [2.24, 2.45) is 15.9 Å². The van der Waals surface area contributed by atoms with Crippen molar-refractivity contribution in [2.75, 3.05) is 5.75 Å². The van der Waals surface area contributed by atoms with E-state index in [1.54, 1.807) is 24.0 Å². The summed E-state index contributed by atoms with van der Waals surface area (Å²) in [6.45, 7) is 9.27. The third-order valence-corrected chi connectivity index (χ3v) is 7.63. The number of allylic oxidation sites excluding steroid dienone is 1. The Morgan fingerprint density at radius 3 is 2.66 bits per heavy atom. The molecule has 172 valence electrons. The zero-order valence-corrected chi connectivity index (χ0v) is 20.1. The molecule has 3 rings (SSSR count). The van der Waals surface area contributed by atoms with Gasteiger partial charge in [0.15, 0.2) is 21.5 Å². The number of nitrogens with one attached hydrogen (secondary N) is 1. The van der Waals surface area contributed by atoms with E-state index >= 15 is 0 Å². The van der Waals surface area contributed by atoms with Gasteiger partial charge in [-0.25, -0.2) is 18.4 Å². The zero-order valence-electron chi connectivity index (χ0n) is 18.5. The predicted octanol–water partition coefficient (Wildman–Crippen LogP) is 3.41. The molecule has 1 fully saturated rings. The van der Waals surface area contributed by atoms with E-state index in [0.29, 0.717) is 23.1 Å². The molecule has 0 spiro atoms. The summed E-state index contributed by atoms with van der Waals surface area (Å²) < 4.78 is 23.9. The smallest absolute Gasteiger partial charge is 0.295 e. The molecule has 1 saturated carbocycles. The van der Waals surface area contributed by atoms with Crippen molar-refractivity contribution >= 4 is 39.0 Å². The van der Waals surface area contributed by atoms with Crippen molar-refractivity contribution in [1.29, 1.82) is 0 Å². The minimum Gasteiger partial charge on any atom is -0.360 e. The van der Waals surface area contributed by atoms with Gasteiger partial charge in [-0.2, -0.15) is 0 Å². The van der Waals surface area contributed by atoms with E-state index in [0.717, 1.165) is 19.3 Å². The number of aliphatic imine (C=N–C) groups is 2. The first-order valence-corrected chi connectivity index (χ1v) is 12.6. The van der Waals surface area contributed by atoms with Crippen LogP contribution in [-0.2, 0) is 21.2 Å². The Hall–Kier alpha value is -2.52. The van der Waals surface area contributed by atoms with Gasteiger partial charge in [0.2, 0.25) is 0 Å². The molecule has 10 heteroatoms. The van der Waals surface area contributed by atoms with E-state index in [-0.39, 0.29) is 40.1 Å². The van der Waals surface area contributed by atoms with Crippen molar-refractivity contribution in [3.8, 4) is 0 Å². The monoisotopic (exact) mass is 477 g/mol. The lowest BCUT2D eigenvalue weighted by Crippen LogP contribution is -2.56. The van der Waals surface area contributed by atoms with Crippen LogP contribution in [0.3, 0.4) is 0 Å². The number of pyridine rings is 1. The first-order chi connectivity index (χ1) is 15.2. The Morgan fingerprint density at radius 2 is 2.16 bits per heavy atom. The number of hydrogen-bond acceptors (Lipinski definition) is 7. The molecule has 0 bridgehead atoms. The summed E-state index contributed by atoms with van der Waals surface area (Å²) in [6, 6.07) is 3.08. The average Bonchev–Trinajstić information content (AvgIpc) is 2.72. The average molecular weight is 478 g/mol. The molecule has 1 N–H and O–H groups in total. The van der Waals surface area contributed by atoms with Gasteiger partial charge in [-0.1, -0.05) is 37.6 Å². The number of carbonyl (C=O) groups excluding carboxylic acids is 1. The van der Waals surface area contributed by atoms with E-state index in [9.17, 15) is 13.2 Å². The summed E-state index contributed by atoms with van der Waals surface area (Å²) in [5.41, 5.74) is 1.11. The normalized spacial score (nSPS) is 20.8. The molecule has 1 aromatic heterocycles. The van der Waals surface area contributed by atoms with Crippen LogP contribution in [0.1, 0.15) is 45.7 Å². The summed E-state index contributed by atoms with van der Waals surface area (Å²) >= 11 is 5.95. The molecule has 0 aromatic carbocycles. The summed E-state index contributed by atoms with van der Waals surface area (Å²) in [7, 11) is -3.31. The van der Waals surface area contributed by atoms with E-state index in [1.807, 2.05) is 13.8 Å². The lowest BCUT2D eigenvalue weighted by atomic mass is 9.79. The van der Waals surface area contributed by atoms with Crippen LogP contribution in [0.25, 0.3) is 0 Å². The molecule has 1 aromatic rings. The number of carbonyl (C=O) groups is 1. The van der Waals surface area contributed by atoms with E-state index in [1.165, 1.54) is 12.3 Å². The topological polar surface area (TPSA) is 104 Å². The molecule has 0 radical (unpaired) electrons. The molecule has 1 atom stereocenters. The Kier molecular flexibility index (Phi) is 7.51. The maximum Gasteiger partial charge on any atom is 0.295 e. The third-order valence-electron chi connectivity index (χ3n) is 5.82. The van der Waals surface area contributed by atoms with Crippen molar-refractivity contribution < 1.29 is 13.2 Å². The van der Waals surface area contributed by atoms with Gasteiger partial charge in [-0.05, 0) is 44.7 Å². The minimum atomic E-state index is -3.31. The van der Waals surface area contributed by atoms with Gasteiger partial charge in [-0.15, -0.1) is 0 Å². The number of sulfone groups is 1. The van der Waals surface area contributed by atoms with Crippen molar-refractivity contribution in [3.05, 3.63) is 47.5 Å². The second kappa shape index (κ2) is 9.95. The molecule has 32 heavy (non-hydrogen) atoms. The van der Waals surface area contributed by atoms with Crippen LogP contribution in [0, 0.1) is 5.92 Å². The number of nitrogens with zero attached hydrogens (tertiary/aromatic N) is 4. The highest BCUT2D eigenvalue weighted by Gasteiger charge is 2.39. The summed E-state index contributed by atoms with van der Waals surface area (Å²) in [5.74, 6) is 0.680. The van der Waals surface area contributed by atoms with Crippen molar-refractivity contribution in [2.45, 2.75) is 57.5 Å². The second-order valence-corrected chi connectivity index (χ2v) is 10.5. The number of amidine groups is 2. The van der Waals surface area contributed by atoms with Gasteiger partial charge in [0.25, 0.3) is 5.91 Å². The molecule has 0 saturated heterocycles. The van der Waals surface area contributed by atoms with E-state index < -0.39 is 9.84 Å². The van der Waals surface area contributed by atoms with Crippen LogP contribution in [0.2, 0.25) is 0 Å². The summed E-state index contributed by atoms with van der Waals surface area (Å²) in [4.78, 5) is 28.1. The van der Waals surface area contributed by atoms with Gasteiger partial charge in [0.1, 0.15) is 10.9 Å². The van der Waals surface area contributed by atoms with Gasteiger partial charge in [-0.3, -0.25) is 14.7 Å². The maximum absolute atomic E-state index is 13.4. The SMILES string of the molecule is C=C(Cl)/N=C1\C(=C/C)N=C(NCc2ccc(S(=O)(=O)CC)cn2)C(=O)N1C(C)C1CCC1. The standard InChI is InChI=1S/C22H28ClN5O3S/c1-5-19-21(26-15(4)23)28(14(3)16-8-7-9-16)22(29)20(27-19)25-12-17-10-11-18(13-24-17)32(30,31)6-2/h5,10-11,13-14,16H,4,6-9,12H2,1-3H3,(H,25,27)/b19-5+,26-21+. The molecular formula is C22H28ClN5O3S. The minimum absolute atomic E-state index is 0.0112. The number of amides is 1. The van der Waals surface area contributed by atoms with Gasteiger partial charge in [0, 0.05) is 12.2 Å². The first-order valence-electron chi connectivity index (χ1n) is 10.6. The Bertz CT molecular complexity index is 1090. The Balaban J connectivity index is 1.85. The summed E-state index contributed by atoms with van der Waals surface area (Å²) in [5, 5.41) is 3.13. The van der Waals surface area contributed by atoms with Crippen molar-refractivity contribution in [3.63, 3.8) is 0 Å². The number of aromatic nitrogens is 1. The van der Waals surface area contributed by atoms with Crippen LogP contribution >= 0.6 is 11.6 Å². The molecule has 1 amide bonds. The predicted molar refractivity (Wildman–Crippen MR) is 126 cm³/mol. The summed E-state index contributed by atoms with van der Waals surface area (Å²) in [6.07, 6.45) is 6.37. The number of hydrogen-bond donors (Lipinski definition) is 1.